The molecule has 1 saturated heterocycles. The molecule has 0 bridgehead atoms. The van der Waals surface area contributed by atoms with Crippen molar-refractivity contribution in [3.8, 4) is 0 Å². The van der Waals surface area contributed by atoms with Crippen molar-refractivity contribution < 1.29 is 5.11 Å². The molecule has 70 valence electrons. The zero-order valence-corrected chi connectivity index (χ0v) is 8.14. The van der Waals surface area contributed by atoms with Gasteiger partial charge in [-0.2, -0.15) is 0 Å². The summed E-state index contributed by atoms with van der Waals surface area (Å²) >= 11 is 0. The second kappa shape index (κ2) is 2.46. The van der Waals surface area contributed by atoms with Gasteiger partial charge in [0.25, 0.3) is 0 Å². The summed E-state index contributed by atoms with van der Waals surface area (Å²) < 4.78 is 0. The molecule has 2 aliphatic rings. The molecule has 12 heavy (non-hydrogen) atoms. The van der Waals surface area contributed by atoms with Crippen molar-refractivity contribution in [2.75, 3.05) is 13.1 Å². The zero-order chi connectivity index (χ0) is 8.82. The van der Waals surface area contributed by atoms with Crippen LogP contribution in [0.5, 0.6) is 0 Å². The van der Waals surface area contributed by atoms with Crippen LogP contribution < -0.4 is 0 Å². The molecule has 2 heteroatoms. The second-order valence-electron chi connectivity index (χ2n) is 5.02. The van der Waals surface area contributed by atoms with Crippen LogP contribution in [0.25, 0.3) is 0 Å². The molecule has 2 nitrogen and oxygen atoms in total. The van der Waals surface area contributed by atoms with Crippen molar-refractivity contribution >= 4 is 0 Å². The molecule has 1 saturated carbocycles. The first kappa shape index (κ1) is 8.52. The summed E-state index contributed by atoms with van der Waals surface area (Å²) in [6.45, 7) is 6.88. The highest BCUT2D eigenvalue weighted by atomic mass is 16.3. The van der Waals surface area contributed by atoms with Crippen LogP contribution >= 0.6 is 0 Å². The smallest absolute Gasteiger partial charge is 0.0662 e. The minimum absolute atomic E-state index is 0.258. The third-order valence-electron chi connectivity index (χ3n) is 3.52. The molecule has 1 N–H and O–H groups in total. The van der Waals surface area contributed by atoms with E-state index < -0.39 is 0 Å². The largest absolute Gasteiger partial charge is 0.390 e. The van der Waals surface area contributed by atoms with E-state index in [2.05, 4.69) is 18.7 Å². The van der Waals surface area contributed by atoms with Crippen LogP contribution in [0.2, 0.25) is 0 Å². The highest BCUT2D eigenvalue weighted by Crippen LogP contribution is 2.40. The van der Waals surface area contributed by atoms with E-state index in [4.69, 9.17) is 0 Å². The number of hydrogen-bond donors (Lipinski definition) is 1. The van der Waals surface area contributed by atoms with Gasteiger partial charge in [-0.25, -0.2) is 0 Å². The van der Waals surface area contributed by atoms with Gasteiger partial charge in [-0.15, -0.1) is 0 Å². The van der Waals surface area contributed by atoms with Crippen LogP contribution in [-0.2, 0) is 0 Å². The number of hydrogen-bond acceptors (Lipinski definition) is 2. The number of nitrogens with zero attached hydrogens (tertiary/aromatic N) is 1. The quantitative estimate of drug-likeness (QED) is 0.690. The second-order valence-corrected chi connectivity index (χ2v) is 5.02. The van der Waals surface area contributed by atoms with Crippen molar-refractivity contribution in [3.05, 3.63) is 0 Å². The van der Waals surface area contributed by atoms with E-state index >= 15 is 0 Å². The maximum Gasteiger partial charge on any atom is 0.0662 e. The van der Waals surface area contributed by atoms with Gasteiger partial charge in [0, 0.05) is 18.6 Å². The van der Waals surface area contributed by atoms with Gasteiger partial charge in [-0.1, -0.05) is 0 Å². The average Bonchev–Trinajstić information content (AvgIpc) is 2.67. The SMILES string of the molecule is CC1(C)CCN1CCC1(O)CC1. The Bertz CT molecular complexity index is 184. The normalized spacial score (nSPS) is 31.2. The molecule has 0 amide bonds. The zero-order valence-electron chi connectivity index (χ0n) is 8.14. The van der Waals surface area contributed by atoms with Crippen LogP contribution in [0, 0.1) is 0 Å². The fourth-order valence-electron chi connectivity index (χ4n) is 1.87. The number of likely N-dealkylation sites (tertiary alicyclic amines) is 1. The van der Waals surface area contributed by atoms with Crippen molar-refractivity contribution in [1.29, 1.82) is 0 Å². The van der Waals surface area contributed by atoms with Gasteiger partial charge in [-0.3, -0.25) is 4.90 Å². The van der Waals surface area contributed by atoms with Gasteiger partial charge in [0.2, 0.25) is 0 Å². The summed E-state index contributed by atoms with van der Waals surface area (Å²) in [6.07, 6.45) is 4.35. The molecule has 2 fully saturated rings. The van der Waals surface area contributed by atoms with Crippen LogP contribution in [0.4, 0.5) is 0 Å². The standard InChI is InChI=1S/C10H19NO/c1-9(2)5-7-11(9)8-6-10(12)3-4-10/h12H,3-8H2,1-2H3. The first-order valence-electron chi connectivity index (χ1n) is 4.99. The summed E-state index contributed by atoms with van der Waals surface area (Å²) in [5.41, 5.74) is 0.150. The lowest BCUT2D eigenvalue weighted by molar-refractivity contribution is -0.000102. The van der Waals surface area contributed by atoms with Crippen LogP contribution in [0.1, 0.15) is 39.5 Å². The van der Waals surface area contributed by atoms with Crippen molar-refractivity contribution in [2.24, 2.45) is 0 Å². The third kappa shape index (κ3) is 1.50. The molecule has 1 aliphatic heterocycles. The molecule has 0 aromatic heterocycles. The molecule has 0 atom stereocenters. The maximum atomic E-state index is 9.64. The van der Waals surface area contributed by atoms with E-state index in [0.29, 0.717) is 5.54 Å². The molecule has 1 heterocycles. The molecule has 1 aliphatic carbocycles. The third-order valence-corrected chi connectivity index (χ3v) is 3.52. The average molecular weight is 169 g/mol. The molecular formula is C10H19NO. The van der Waals surface area contributed by atoms with Crippen LogP contribution in [0.3, 0.4) is 0 Å². The summed E-state index contributed by atoms with van der Waals surface area (Å²) in [5, 5.41) is 9.64. The Kier molecular flexibility index (Phi) is 1.74. The maximum absolute atomic E-state index is 9.64. The Hall–Kier alpha value is -0.0800. The van der Waals surface area contributed by atoms with Gasteiger partial charge in [0.1, 0.15) is 0 Å². The lowest BCUT2D eigenvalue weighted by atomic mass is 9.88. The summed E-state index contributed by atoms with van der Waals surface area (Å²) in [5.74, 6) is 0. The Balaban J connectivity index is 1.74. The fourth-order valence-corrected chi connectivity index (χ4v) is 1.87. The Labute approximate surface area is 74.6 Å². The minimum Gasteiger partial charge on any atom is -0.390 e. The van der Waals surface area contributed by atoms with Crippen LogP contribution in [0.15, 0.2) is 0 Å². The van der Waals surface area contributed by atoms with Gasteiger partial charge in [-0.05, 0) is 39.5 Å². The predicted octanol–water partition coefficient (Wildman–Crippen LogP) is 1.39. The Morgan fingerprint density at radius 3 is 2.25 bits per heavy atom. The molecule has 0 radical (unpaired) electrons. The summed E-state index contributed by atoms with van der Waals surface area (Å²) in [7, 11) is 0. The van der Waals surface area contributed by atoms with Crippen molar-refractivity contribution in [1.82, 2.24) is 4.90 Å². The van der Waals surface area contributed by atoms with Gasteiger partial charge >= 0.3 is 0 Å². The van der Waals surface area contributed by atoms with E-state index in [-0.39, 0.29) is 5.60 Å². The van der Waals surface area contributed by atoms with Gasteiger partial charge < -0.3 is 5.11 Å². The van der Waals surface area contributed by atoms with Gasteiger partial charge in [0.05, 0.1) is 5.60 Å². The lowest BCUT2D eigenvalue weighted by Crippen LogP contribution is -2.56. The highest BCUT2D eigenvalue weighted by molar-refractivity contribution is 4.97. The van der Waals surface area contributed by atoms with Crippen molar-refractivity contribution in [2.45, 2.75) is 50.7 Å². The van der Waals surface area contributed by atoms with E-state index in [0.717, 1.165) is 25.8 Å². The van der Waals surface area contributed by atoms with E-state index in [9.17, 15) is 5.11 Å². The minimum atomic E-state index is -0.258. The monoisotopic (exact) mass is 169 g/mol. The fraction of sp³-hybridized carbons (Fsp3) is 1.00. The van der Waals surface area contributed by atoms with E-state index in [1.165, 1.54) is 13.0 Å². The van der Waals surface area contributed by atoms with E-state index in [1.807, 2.05) is 0 Å². The molecule has 0 spiro atoms. The number of rotatable bonds is 3. The molecule has 2 rings (SSSR count). The lowest BCUT2D eigenvalue weighted by Gasteiger charge is -2.49. The Morgan fingerprint density at radius 1 is 1.25 bits per heavy atom. The molecular weight excluding hydrogens is 150 g/mol. The number of aliphatic hydroxyl groups is 1. The van der Waals surface area contributed by atoms with Crippen molar-refractivity contribution in [3.63, 3.8) is 0 Å². The topological polar surface area (TPSA) is 23.5 Å². The first-order valence-corrected chi connectivity index (χ1v) is 4.99. The summed E-state index contributed by atoms with van der Waals surface area (Å²) in [4.78, 5) is 2.48. The van der Waals surface area contributed by atoms with E-state index in [1.54, 1.807) is 0 Å². The highest BCUT2D eigenvalue weighted by Gasteiger charge is 2.42. The van der Waals surface area contributed by atoms with Crippen LogP contribution in [-0.4, -0.2) is 34.2 Å². The predicted molar refractivity (Wildman–Crippen MR) is 49.1 cm³/mol. The van der Waals surface area contributed by atoms with Gasteiger partial charge in [0.15, 0.2) is 0 Å². The molecule has 0 aromatic carbocycles. The Morgan fingerprint density at radius 2 is 1.92 bits per heavy atom. The molecule has 0 aromatic rings. The summed E-state index contributed by atoms with van der Waals surface area (Å²) in [6, 6.07) is 0. The molecule has 0 unspecified atom stereocenters. The first-order chi connectivity index (χ1) is 5.52.